The minimum absolute atomic E-state index is 0.0564. The van der Waals surface area contributed by atoms with Gasteiger partial charge in [-0.25, -0.2) is 4.90 Å². The molecule has 1 aliphatic rings. The zero-order chi connectivity index (χ0) is 29.8. The SMILES string of the molecule is O=C(c1ccccc1)c1ccc2c(c1)c1ccccc1n2-c1cccc2c1C(=O)N(c1cccc(-c3ccccc3)c1)C2=O. The quantitative estimate of drug-likeness (QED) is 0.155. The van der Waals surface area contributed by atoms with Crippen molar-refractivity contribution in [1.29, 1.82) is 0 Å². The fourth-order valence-corrected chi connectivity index (χ4v) is 6.27. The minimum atomic E-state index is -0.368. The molecule has 0 N–H and O–H groups in total. The van der Waals surface area contributed by atoms with Gasteiger partial charge in [0.2, 0.25) is 0 Å². The summed E-state index contributed by atoms with van der Waals surface area (Å²) >= 11 is 0. The molecule has 0 saturated heterocycles. The molecule has 0 unspecified atom stereocenters. The Morgan fingerprint density at radius 3 is 2.00 bits per heavy atom. The number of carbonyl (C=O) groups excluding carboxylic acids is 3. The van der Waals surface area contributed by atoms with E-state index >= 15 is 0 Å². The molecule has 0 saturated carbocycles. The Labute approximate surface area is 253 Å². The molecule has 208 valence electrons. The molecule has 8 rings (SSSR count). The maximum absolute atomic E-state index is 14.2. The second kappa shape index (κ2) is 10.0. The zero-order valence-electron chi connectivity index (χ0n) is 23.5. The van der Waals surface area contributed by atoms with Gasteiger partial charge < -0.3 is 4.57 Å². The second-order valence-electron chi connectivity index (χ2n) is 10.8. The second-order valence-corrected chi connectivity index (χ2v) is 10.8. The summed E-state index contributed by atoms with van der Waals surface area (Å²) in [4.78, 5) is 42.6. The summed E-state index contributed by atoms with van der Waals surface area (Å²) in [5.74, 6) is -0.778. The van der Waals surface area contributed by atoms with Crippen molar-refractivity contribution in [2.75, 3.05) is 4.90 Å². The number of para-hydroxylation sites is 1. The summed E-state index contributed by atoms with van der Waals surface area (Å²) in [7, 11) is 0. The molecule has 1 aliphatic heterocycles. The van der Waals surface area contributed by atoms with Crippen LogP contribution >= 0.6 is 0 Å². The lowest BCUT2D eigenvalue weighted by molar-refractivity contribution is 0.0925. The number of rotatable bonds is 5. The molecule has 7 aromatic rings. The first-order chi connectivity index (χ1) is 21.6. The Kier molecular flexibility index (Phi) is 5.84. The number of anilines is 1. The summed E-state index contributed by atoms with van der Waals surface area (Å²) in [5.41, 5.74) is 6.71. The topological polar surface area (TPSA) is 59.4 Å². The number of benzene rings is 6. The highest BCUT2D eigenvalue weighted by atomic mass is 16.2. The smallest absolute Gasteiger partial charge is 0.268 e. The van der Waals surface area contributed by atoms with E-state index in [0.29, 0.717) is 33.6 Å². The third-order valence-corrected chi connectivity index (χ3v) is 8.32. The molecule has 5 nitrogen and oxygen atoms in total. The predicted molar refractivity (Wildman–Crippen MR) is 174 cm³/mol. The van der Waals surface area contributed by atoms with E-state index in [1.165, 1.54) is 4.90 Å². The molecule has 0 bridgehead atoms. The van der Waals surface area contributed by atoms with Crippen molar-refractivity contribution in [3.05, 3.63) is 168 Å². The number of hydrogen-bond acceptors (Lipinski definition) is 3. The number of aromatic nitrogens is 1. The van der Waals surface area contributed by atoms with Gasteiger partial charge in [-0.3, -0.25) is 14.4 Å². The number of carbonyl (C=O) groups is 3. The van der Waals surface area contributed by atoms with Gasteiger partial charge in [-0.05, 0) is 59.7 Å². The van der Waals surface area contributed by atoms with Crippen molar-refractivity contribution in [2.45, 2.75) is 0 Å². The molecule has 2 heterocycles. The zero-order valence-corrected chi connectivity index (χ0v) is 23.5. The number of hydrogen-bond donors (Lipinski definition) is 0. The van der Waals surface area contributed by atoms with Crippen molar-refractivity contribution >= 4 is 45.1 Å². The number of ketones is 1. The Morgan fingerprint density at radius 1 is 0.500 bits per heavy atom. The van der Waals surface area contributed by atoms with E-state index in [9.17, 15) is 14.4 Å². The van der Waals surface area contributed by atoms with Crippen LogP contribution in [0, 0.1) is 0 Å². The molecule has 0 atom stereocenters. The van der Waals surface area contributed by atoms with Gasteiger partial charge in [0, 0.05) is 21.9 Å². The molecular formula is C39H24N2O3. The van der Waals surface area contributed by atoms with Crippen LogP contribution in [0.3, 0.4) is 0 Å². The lowest BCUT2D eigenvalue weighted by atomic mass is 10.0. The minimum Gasteiger partial charge on any atom is -0.308 e. The third kappa shape index (κ3) is 3.91. The number of imide groups is 1. The lowest BCUT2D eigenvalue weighted by Crippen LogP contribution is -2.29. The van der Waals surface area contributed by atoms with Gasteiger partial charge in [0.15, 0.2) is 5.78 Å². The van der Waals surface area contributed by atoms with Crippen LogP contribution in [-0.2, 0) is 0 Å². The summed E-state index contributed by atoms with van der Waals surface area (Å²) in [6.45, 7) is 0. The molecule has 0 radical (unpaired) electrons. The average Bonchev–Trinajstić information content (AvgIpc) is 3.55. The molecule has 0 spiro atoms. The Bertz CT molecular complexity index is 2280. The van der Waals surface area contributed by atoms with Gasteiger partial charge in [-0.2, -0.15) is 0 Å². The normalized spacial score (nSPS) is 12.7. The van der Waals surface area contributed by atoms with E-state index in [-0.39, 0.29) is 17.6 Å². The largest absolute Gasteiger partial charge is 0.308 e. The number of fused-ring (bicyclic) bond motifs is 4. The van der Waals surface area contributed by atoms with Crippen LogP contribution < -0.4 is 4.90 Å². The predicted octanol–water partition coefficient (Wildman–Crippen LogP) is 8.48. The van der Waals surface area contributed by atoms with Crippen molar-refractivity contribution in [1.82, 2.24) is 4.57 Å². The highest BCUT2D eigenvalue weighted by molar-refractivity contribution is 6.36. The Hall–Kier alpha value is -6.07. The third-order valence-electron chi connectivity index (χ3n) is 8.32. The molecule has 6 aromatic carbocycles. The summed E-state index contributed by atoms with van der Waals surface area (Å²) in [5, 5.41) is 1.84. The lowest BCUT2D eigenvalue weighted by Gasteiger charge is -2.16. The highest BCUT2D eigenvalue weighted by Crippen LogP contribution is 2.38. The van der Waals surface area contributed by atoms with E-state index in [2.05, 4.69) is 0 Å². The first-order valence-corrected chi connectivity index (χ1v) is 14.4. The van der Waals surface area contributed by atoms with E-state index in [1.807, 2.05) is 138 Å². The molecule has 0 fully saturated rings. The molecule has 2 amide bonds. The number of amides is 2. The van der Waals surface area contributed by atoms with E-state index in [0.717, 1.165) is 32.9 Å². The van der Waals surface area contributed by atoms with Crippen molar-refractivity contribution < 1.29 is 14.4 Å². The summed E-state index contributed by atoms with van der Waals surface area (Å²) in [6, 6.07) is 45.6. The van der Waals surface area contributed by atoms with E-state index < -0.39 is 0 Å². The van der Waals surface area contributed by atoms with Gasteiger partial charge >= 0.3 is 0 Å². The summed E-state index contributed by atoms with van der Waals surface area (Å²) in [6.07, 6.45) is 0. The van der Waals surface area contributed by atoms with E-state index in [1.54, 1.807) is 12.1 Å². The van der Waals surface area contributed by atoms with Gasteiger partial charge in [0.05, 0.1) is 33.5 Å². The molecule has 44 heavy (non-hydrogen) atoms. The van der Waals surface area contributed by atoms with Crippen LogP contribution in [-0.4, -0.2) is 22.2 Å². The van der Waals surface area contributed by atoms with Crippen LogP contribution in [0.2, 0.25) is 0 Å². The van der Waals surface area contributed by atoms with Crippen molar-refractivity contribution in [3.63, 3.8) is 0 Å². The van der Waals surface area contributed by atoms with Gasteiger partial charge in [-0.15, -0.1) is 0 Å². The summed E-state index contributed by atoms with van der Waals surface area (Å²) < 4.78 is 2.02. The molecule has 5 heteroatoms. The van der Waals surface area contributed by atoms with Crippen LogP contribution in [0.4, 0.5) is 5.69 Å². The average molecular weight is 569 g/mol. The molecular weight excluding hydrogens is 544 g/mol. The first-order valence-electron chi connectivity index (χ1n) is 14.4. The Morgan fingerprint density at radius 2 is 1.18 bits per heavy atom. The van der Waals surface area contributed by atoms with Gasteiger partial charge in [0.1, 0.15) is 0 Å². The van der Waals surface area contributed by atoms with Crippen LogP contribution in [0.25, 0.3) is 38.6 Å². The standard InChI is InChI=1S/C39H24N2O3/c42-37(26-13-5-2-6-14-26)28-21-22-34-32(24-28)30-17-7-8-19-33(30)41(34)35-20-10-18-31-36(35)39(44)40(38(31)43)29-16-9-15-27(23-29)25-11-3-1-4-12-25/h1-24H. The fourth-order valence-electron chi connectivity index (χ4n) is 6.27. The van der Waals surface area contributed by atoms with Crippen LogP contribution in [0.15, 0.2) is 146 Å². The maximum Gasteiger partial charge on any atom is 0.268 e. The molecule has 0 aliphatic carbocycles. The monoisotopic (exact) mass is 568 g/mol. The first kappa shape index (κ1) is 25.6. The molecule has 1 aromatic heterocycles. The van der Waals surface area contributed by atoms with Gasteiger partial charge in [0.25, 0.3) is 11.8 Å². The van der Waals surface area contributed by atoms with Crippen LogP contribution in [0.5, 0.6) is 0 Å². The van der Waals surface area contributed by atoms with Crippen molar-refractivity contribution in [3.8, 4) is 16.8 Å². The fraction of sp³-hybridized carbons (Fsp3) is 0. The highest BCUT2D eigenvalue weighted by Gasteiger charge is 2.39. The number of nitrogens with zero attached hydrogens (tertiary/aromatic N) is 2. The maximum atomic E-state index is 14.2. The van der Waals surface area contributed by atoms with E-state index in [4.69, 9.17) is 0 Å². The van der Waals surface area contributed by atoms with Crippen molar-refractivity contribution in [2.24, 2.45) is 0 Å². The van der Waals surface area contributed by atoms with Gasteiger partial charge in [-0.1, -0.05) is 97.1 Å². The van der Waals surface area contributed by atoms with Crippen LogP contribution in [0.1, 0.15) is 36.6 Å². The Balaban J connectivity index is 1.28.